The number of amides is 1. The van der Waals surface area contributed by atoms with E-state index >= 15 is 0 Å². The van der Waals surface area contributed by atoms with E-state index in [1.807, 2.05) is 19.1 Å². The molecule has 1 aromatic carbocycles. The van der Waals surface area contributed by atoms with Crippen LogP contribution < -0.4 is 5.32 Å². The molecule has 3 rings (SSSR count). The van der Waals surface area contributed by atoms with Crippen LogP contribution in [0.3, 0.4) is 0 Å². The minimum atomic E-state index is -0.252. The van der Waals surface area contributed by atoms with Crippen molar-refractivity contribution in [2.75, 3.05) is 5.32 Å². The lowest BCUT2D eigenvalue weighted by atomic mass is 10.2. The van der Waals surface area contributed by atoms with E-state index in [4.69, 9.17) is 11.6 Å². The zero-order chi connectivity index (χ0) is 15.5. The first-order valence-corrected chi connectivity index (χ1v) is 7.04. The van der Waals surface area contributed by atoms with Gasteiger partial charge in [0.1, 0.15) is 5.69 Å². The van der Waals surface area contributed by atoms with Crippen LogP contribution in [-0.4, -0.2) is 21.1 Å². The van der Waals surface area contributed by atoms with Crippen molar-refractivity contribution in [2.24, 2.45) is 0 Å². The summed E-state index contributed by atoms with van der Waals surface area (Å²) < 4.78 is 0. The fourth-order valence-corrected chi connectivity index (χ4v) is 2.29. The number of anilines is 1. The normalized spacial score (nSPS) is 10.5. The summed E-state index contributed by atoms with van der Waals surface area (Å²) in [6.07, 6.45) is 3.36. The maximum absolute atomic E-state index is 12.3. The second kappa shape index (κ2) is 5.99. The van der Waals surface area contributed by atoms with Crippen molar-refractivity contribution in [3.8, 4) is 11.3 Å². The van der Waals surface area contributed by atoms with E-state index in [1.54, 1.807) is 36.7 Å². The van der Waals surface area contributed by atoms with Gasteiger partial charge in [-0.25, -0.2) is 0 Å². The van der Waals surface area contributed by atoms with E-state index in [1.165, 1.54) is 0 Å². The highest BCUT2D eigenvalue weighted by atomic mass is 35.5. The highest BCUT2D eigenvalue weighted by Gasteiger charge is 2.12. The standard InChI is InChI=1S/C16H13ClN4O/c1-10-8-12(17)2-3-13(10)19-16(22)15-9-14(20-21-15)11-4-6-18-7-5-11/h2-9H,1H3,(H,19,22)(H,20,21). The molecule has 2 aromatic heterocycles. The van der Waals surface area contributed by atoms with Crippen molar-refractivity contribution in [3.05, 3.63) is 65.1 Å². The Morgan fingerprint density at radius 2 is 1.95 bits per heavy atom. The SMILES string of the molecule is Cc1cc(Cl)ccc1NC(=O)c1cc(-c2ccncc2)n[nH]1. The van der Waals surface area contributed by atoms with Crippen LogP contribution >= 0.6 is 11.6 Å². The molecule has 2 N–H and O–H groups in total. The predicted octanol–water partition coefficient (Wildman–Crippen LogP) is 3.69. The Morgan fingerprint density at radius 1 is 1.18 bits per heavy atom. The molecule has 5 nitrogen and oxygen atoms in total. The van der Waals surface area contributed by atoms with Crippen molar-refractivity contribution >= 4 is 23.2 Å². The van der Waals surface area contributed by atoms with Crippen LogP contribution in [-0.2, 0) is 0 Å². The Bertz CT molecular complexity index is 814. The first-order chi connectivity index (χ1) is 10.6. The number of nitrogens with zero attached hydrogens (tertiary/aromatic N) is 2. The molecule has 0 atom stereocenters. The zero-order valence-corrected chi connectivity index (χ0v) is 12.6. The molecule has 2 heterocycles. The second-order valence-corrected chi connectivity index (χ2v) is 5.25. The molecular weight excluding hydrogens is 300 g/mol. The van der Waals surface area contributed by atoms with Crippen LogP contribution in [0.5, 0.6) is 0 Å². The number of rotatable bonds is 3. The van der Waals surface area contributed by atoms with Gasteiger partial charge in [0.15, 0.2) is 0 Å². The Morgan fingerprint density at radius 3 is 2.68 bits per heavy atom. The van der Waals surface area contributed by atoms with Gasteiger partial charge in [0.2, 0.25) is 0 Å². The van der Waals surface area contributed by atoms with Gasteiger partial charge in [-0.1, -0.05) is 11.6 Å². The Kier molecular flexibility index (Phi) is 3.89. The molecule has 0 aliphatic rings. The van der Waals surface area contributed by atoms with Crippen molar-refractivity contribution in [3.63, 3.8) is 0 Å². The Balaban J connectivity index is 1.80. The lowest BCUT2D eigenvalue weighted by molar-refractivity contribution is 0.102. The van der Waals surface area contributed by atoms with Gasteiger partial charge in [-0.3, -0.25) is 14.9 Å². The summed E-state index contributed by atoms with van der Waals surface area (Å²) in [5.74, 6) is -0.252. The fraction of sp³-hybridized carbons (Fsp3) is 0.0625. The van der Waals surface area contributed by atoms with E-state index in [-0.39, 0.29) is 5.91 Å². The lowest BCUT2D eigenvalue weighted by Crippen LogP contribution is -2.13. The summed E-state index contributed by atoms with van der Waals surface area (Å²) in [5, 5.41) is 10.4. The molecule has 3 aromatic rings. The van der Waals surface area contributed by atoms with Crippen LogP contribution in [0.25, 0.3) is 11.3 Å². The van der Waals surface area contributed by atoms with E-state index in [0.29, 0.717) is 16.4 Å². The summed E-state index contributed by atoms with van der Waals surface area (Å²) in [4.78, 5) is 16.2. The van der Waals surface area contributed by atoms with Gasteiger partial charge < -0.3 is 5.32 Å². The number of H-pyrrole nitrogens is 1. The average Bonchev–Trinajstić information content (AvgIpc) is 3.01. The molecule has 0 bridgehead atoms. The van der Waals surface area contributed by atoms with Gasteiger partial charge >= 0.3 is 0 Å². The summed E-state index contributed by atoms with van der Waals surface area (Å²) >= 11 is 5.91. The molecule has 0 aliphatic carbocycles. The van der Waals surface area contributed by atoms with Crippen LogP contribution in [0.4, 0.5) is 5.69 Å². The lowest BCUT2D eigenvalue weighted by Gasteiger charge is -2.07. The molecule has 0 saturated carbocycles. The molecule has 22 heavy (non-hydrogen) atoms. The molecule has 0 aliphatic heterocycles. The average molecular weight is 313 g/mol. The third kappa shape index (κ3) is 2.99. The molecular formula is C16H13ClN4O. The quantitative estimate of drug-likeness (QED) is 0.775. The largest absolute Gasteiger partial charge is 0.320 e. The van der Waals surface area contributed by atoms with Gasteiger partial charge in [0, 0.05) is 28.7 Å². The number of nitrogens with one attached hydrogen (secondary N) is 2. The molecule has 0 unspecified atom stereocenters. The van der Waals surface area contributed by atoms with Gasteiger partial charge in [-0.15, -0.1) is 0 Å². The number of aromatic nitrogens is 3. The highest BCUT2D eigenvalue weighted by molar-refractivity contribution is 6.30. The van der Waals surface area contributed by atoms with E-state index in [2.05, 4.69) is 20.5 Å². The van der Waals surface area contributed by atoms with Crippen LogP contribution in [0.1, 0.15) is 16.1 Å². The molecule has 0 fully saturated rings. The van der Waals surface area contributed by atoms with Crippen LogP contribution in [0.2, 0.25) is 5.02 Å². The summed E-state index contributed by atoms with van der Waals surface area (Å²) in [5.41, 5.74) is 3.60. The molecule has 1 amide bonds. The predicted molar refractivity (Wildman–Crippen MR) is 86.0 cm³/mol. The number of aryl methyl sites for hydroxylation is 1. The third-order valence-corrected chi connectivity index (χ3v) is 3.47. The third-order valence-electron chi connectivity index (χ3n) is 3.24. The van der Waals surface area contributed by atoms with E-state index in [0.717, 1.165) is 16.8 Å². The van der Waals surface area contributed by atoms with E-state index in [9.17, 15) is 4.79 Å². The number of benzene rings is 1. The first-order valence-electron chi connectivity index (χ1n) is 6.67. The molecule has 6 heteroatoms. The van der Waals surface area contributed by atoms with Gasteiger partial charge in [-0.05, 0) is 48.9 Å². The Labute approximate surface area is 132 Å². The number of pyridine rings is 1. The fourth-order valence-electron chi connectivity index (χ4n) is 2.07. The monoisotopic (exact) mass is 312 g/mol. The number of aromatic amines is 1. The van der Waals surface area contributed by atoms with Crippen molar-refractivity contribution in [1.29, 1.82) is 0 Å². The summed E-state index contributed by atoms with van der Waals surface area (Å²) in [6, 6.07) is 10.7. The number of carbonyl (C=O) groups excluding carboxylic acids is 1. The first kappa shape index (κ1) is 14.3. The maximum Gasteiger partial charge on any atom is 0.273 e. The maximum atomic E-state index is 12.3. The molecule has 0 spiro atoms. The van der Waals surface area contributed by atoms with Crippen molar-refractivity contribution in [2.45, 2.75) is 6.92 Å². The summed E-state index contributed by atoms with van der Waals surface area (Å²) in [7, 11) is 0. The Hall–Kier alpha value is -2.66. The number of carbonyl (C=O) groups is 1. The van der Waals surface area contributed by atoms with Gasteiger partial charge in [0.05, 0.1) is 5.69 Å². The van der Waals surface area contributed by atoms with Crippen LogP contribution in [0, 0.1) is 6.92 Å². The minimum absolute atomic E-state index is 0.252. The number of hydrogen-bond acceptors (Lipinski definition) is 3. The van der Waals surface area contributed by atoms with Gasteiger partial charge in [-0.2, -0.15) is 5.10 Å². The van der Waals surface area contributed by atoms with Crippen molar-refractivity contribution in [1.82, 2.24) is 15.2 Å². The zero-order valence-electron chi connectivity index (χ0n) is 11.8. The number of hydrogen-bond donors (Lipinski definition) is 2. The minimum Gasteiger partial charge on any atom is -0.320 e. The molecule has 0 saturated heterocycles. The molecule has 0 radical (unpaired) electrons. The van der Waals surface area contributed by atoms with E-state index < -0.39 is 0 Å². The second-order valence-electron chi connectivity index (χ2n) is 4.82. The molecule has 110 valence electrons. The topological polar surface area (TPSA) is 70.7 Å². The number of halogens is 1. The highest BCUT2D eigenvalue weighted by Crippen LogP contribution is 2.21. The van der Waals surface area contributed by atoms with Crippen molar-refractivity contribution < 1.29 is 4.79 Å². The smallest absolute Gasteiger partial charge is 0.273 e. The van der Waals surface area contributed by atoms with Crippen LogP contribution in [0.15, 0.2) is 48.8 Å². The summed E-state index contributed by atoms with van der Waals surface area (Å²) in [6.45, 7) is 1.89. The van der Waals surface area contributed by atoms with Gasteiger partial charge in [0.25, 0.3) is 5.91 Å².